The van der Waals surface area contributed by atoms with E-state index in [2.05, 4.69) is 4.98 Å². The fraction of sp³-hybridized carbons (Fsp3) is 0.154. The summed E-state index contributed by atoms with van der Waals surface area (Å²) in [5.74, 6) is 0.664. The van der Waals surface area contributed by atoms with Gasteiger partial charge in [-0.3, -0.25) is 0 Å². The van der Waals surface area contributed by atoms with Crippen molar-refractivity contribution in [2.75, 3.05) is 0 Å². The number of aromatic nitrogens is 1. The summed E-state index contributed by atoms with van der Waals surface area (Å²) in [4.78, 5) is 4.13. The Morgan fingerprint density at radius 3 is 2.72 bits per heavy atom. The van der Waals surface area contributed by atoms with E-state index in [1.54, 1.807) is 24.3 Å². The van der Waals surface area contributed by atoms with Gasteiger partial charge >= 0.3 is 0 Å². The number of aromatic hydroxyl groups is 1. The Balaban J connectivity index is 2.10. The van der Waals surface area contributed by atoms with Crippen molar-refractivity contribution < 1.29 is 19.7 Å². The van der Waals surface area contributed by atoms with E-state index in [-0.39, 0.29) is 17.3 Å². The van der Waals surface area contributed by atoms with E-state index in [0.29, 0.717) is 11.3 Å². The Hall–Kier alpha value is -2.11. The molecule has 2 aromatic rings. The molecule has 3 rings (SSSR count). The molecular formula is C13H11NO4. The van der Waals surface area contributed by atoms with E-state index in [0.717, 1.165) is 0 Å². The van der Waals surface area contributed by atoms with Crippen LogP contribution in [0.3, 0.4) is 0 Å². The predicted octanol–water partition coefficient (Wildman–Crippen LogP) is 1.47. The van der Waals surface area contributed by atoms with Crippen molar-refractivity contribution in [1.29, 1.82) is 0 Å². The molecule has 5 nitrogen and oxygen atoms in total. The number of phenolic OH excluding ortho intramolecular Hbond substituents is 1. The van der Waals surface area contributed by atoms with Crippen LogP contribution in [0.2, 0.25) is 0 Å². The molecule has 1 aliphatic rings. The number of para-hydroxylation sites is 1. The summed E-state index contributed by atoms with van der Waals surface area (Å²) in [7, 11) is 0. The summed E-state index contributed by atoms with van der Waals surface area (Å²) in [5, 5.41) is 29.0. The summed E-state index contributed by atoms with van der Waals surface area (Å²) in [6, 6.07) is 6.64. The first-order valence-electron chi connectivity index (χ1n) is 5.50. The highest BCUT2D eigenvalue weighted by Crippen LogP contribution is 2.34. The van der Waals surface area contributed by atoms with Crippen molar-refractivity contribution in [2.45, 2.75) is 12.2 Å². The van der Waals surface area contributed by atoms with Crippen LogP contribution in [0.15, 0.2) is 34.8 Å². The number of aliphatic hydroxyl groups excluding tert-OH is 2. The zero-order valence-corrected chi connectivity index (χ0v) is 9.32. The van der Waals surface area contributed by atoms with Crippen LogP contribution in [-0.2, 0) is 0 Å². The average molecular weight is 245 g/mol. The molecule has 3 N–H and O–H groups in total. The zero-order chi connectivity index (χ0) is 12.7. The molecule has 1 aliphatic carbocycles. The van der Waals surface area contributed by atoms with E-state index >= 15 is 0 Å². The SMILES string of the molecule is Oc1ccccc1-c1nc2c(o1)C=C[C@H](O)[C@@H]2O. The summed E-state index contributed by atoms with van der Waals surface area (Å²) in [6.45, 7) is 0. The minimum Gasteiger partial charge on any atom is -0.507 e. The molecule has 0 saturated heterocycles. The van der Waals surface area contributed by atoms with Crippen LogP contribution >= 0.6 is 0 Å². The Kier molecular flexibility index (Phi) is 2.43. The minimum atomic E-state index is -1.10. The standard InChI is InChI=1S/C13H11NO4/c15-8-4-2-1-3-7(8)13-14-11-10(18-13)6-5-9(16)12(11)17/h1-6,9,12,15-17H/t9-,12-/m0/s1. The topological polar surface area (TPSA) is 86.7 Å². The van der Waals surface area contributed by atoms with Crippen LogP contribution in [-0.4, -0.2) is 26.4 Å². The van der Waals surface area contributed by atoms with Crippen LogP contribution in [0.25, 0.3) is 17.5 Å². The third-order valence-corrected chi connectivity index (χ3v) is 2.86. The molecule has 92 valence electrons. The molecule has 1 aromatic carbocycles. The van der Waals surface area contributed by atoms with Gasteiger partial charge in [0.15, 0.2) is 5.76 Å². The van der Waals surface area contributed by atoms with Crippen molar-refractivity contribution in [1.82, 2.24) is 4.98 Å². The van der Waals surface area contributed by atoms with Crippen molar-refractivity contribution >= 4 is 6.08 Å². The van der Waals surface area contributed by atoms with Gasteiger partial charge in [0.05, 0.1) is 5.56 Å². The lowest BCUT2D eigenvalue weighted by atomic mass is 10.0. The molecule has 1 aromatic heterocycles. The number of fused-ring (bicyclic) bond motifs is 1. The molecule has 0 spiro atoms. The molecule has 18 heavy (non-hydrogen) atoms. The molecular weight excluding hydrogens is 234 g/mol. The van der Waals surface area contributed by atoms with Gasteiger partial charge in [-0.25, -0.2) is 4.98 Å². The van der Waals surface area contributed by atoms with Gasteiger partial charge in [-0.1, -0.05) is 12.1 Å². The average Bonchev–Trinajstić information content (AvgIpc) is 2.79. The number of phenols is 1. The van der Waals surface area contributed by atoms with E-state index in [1.165, 1.54) is 12.1 Å². The van der Waals surface area contributed by atoms with E-state index < -0.39 is 12.2 Å². The van der Waals surface area contributed by atoms with E-state index in [9.17, 15) is 15.3 Å². The van der Waals surface area contributed by atoms with Crippen molar-refractivity contribution in [3.63, 3.8) is 0 Å². The van der Waals surface area contributed by atoms with Crippen molar-refractivity contribution in [3.05, 3.63) is 41.8 Å². The van der Waals surface area contributed by atoms with Gasteiger partial charge in [0.2, 0.25) is 5.89 Å². The maximum Gasteiger partial charge on any atom is 0.230 e. The van der Waals surface area contributed by atoms with Crippen molar-refractivity contribution in [3.8, 4) is 17.2 Å². The number of aliphatic hydroxyl groups is 2. The molecule has 5 heteroatoms. The van der Waals surface area contributed by atoms with Crippen LogP contribution in [0, 0.1) is 0 Å². The molecule has 2 atom stereocenters. The van der Waals surface area contributed by atoms with Gasteiger partial charge in [0.25, 0.3) is 0 Å². The summed E-state index contributed by atoms with van der Waals surface area (Å²) >= 11 is 0. The van der Waals surface area contributed by atoms with Gasteiger partial charge in [0.1, 0.15) is 23.7 Å². The van der Waals surface area contributed by atoms with Gasteiger partial charge in [0, 0.05) is 0 Å². The van der Waals surface area contributed by atoms with Crippen LogP contribution < -0.4 is 0 Å². The fourth-order valence-corrected chi connectivity index (χ4v) is 1.90. The summed E-state index contributed by atoms with van der Waals surface area (Å²) in [5.41, 5.74) is 0.727. The van der Waals surface area contributed by atoms with Gasteiger partial charge in [-0.05, 0) is 24.3 Å². The second kappa shape index (κ2) is 3.97. The number of oxazole rings is 1. The van der Waals surface area contributed by atoms with Crippen molar-refractivity contribution in [2.24, 2.45) is 0 Å². The van der Waals surface area contributed by atoms with E-state index in [4.69, 9.17) is 4.42 Å². The Labute approximate surface area is 103 Å². The van der Waals surface area contributed by atoms with Gasteiger partial charge < -0.3 is 19.7 Å². The molecule has 0 fully saturated rings. The zero-order valence-electron chi connectivity index (χ0n) is 9.32. The number of nitrogens with zero attached hydrogens (tertiary/aromatic N) is 1. The highest BCUT2D eigenvalue weighted by Gasteiger charge is 2.28. The normalized spacial score (nSPS) is 21.9. The smallest absolute Gasteiger partial charge is 0.230 e. The third-order valence-electron chi connectivity index (χ3n) is 2.86. The summed E-state index contributed by atoms with van der Waals surface area (Å²) in [6.07, 6.45) is 0.906. The van der Waals surface area contributed by atoms with Crippen LogP contribution in [0.4, 0.5) is 0 Å². The molecule has 0 unspecified atom stereocenters. The predicted molar refractivity (Wildman–Crippen MR) is 63.6 cm³/mol. The first kappa shape index (κ1) is 11.0. The first-order chi connectivity index (χ1) is 8.66. The monoisotopic (exact) mass is 245 g/mol. The minimum absolute atomic E-state index is 0.0510. The number of hydrogen-bond donors (Lipinski definition) is 3. The number of hydrogen-bond acceptors (Lipinski definition) is 5. The molecule has 0 amide bonds. The maximum atomic E-state index is 9.77. The second-order valence-electron chi connectivity index (χ2n) is 4.08. The molecule has 0 bridgehead atoms. The molecule has 1 heterocycles. The van der Waals surface area contributed by atoms with Crippen LogP contribution in [0.1, 0.15) is 17.6 Å². The van der Waals surface area contributed by atoms with Gasteiger partial charge in [-0.15, -0.1) is 0 Å². The largest absolute Gasteiger partial charge is 0.507 e. The quantitative estimate of drug-likeness (QED) is 0.708. The highest BCUT2D eigenvalue weighted by molar-refractivity contribution is 5.64. The van der Waals surface area contributed by atoms with Crippen LogP contribution in [0.5, 0.6) is 5.75 Å². The molecule has 0 saturated carbocycles. The first-order valence-corrected chi connectivity index (χ1v) is 5.50. The third kappa shape index (κ3) is 1.61. The number of benzene rings is 1. The Morgan fingerprint density at radius 2 is 1.94 bits per heavy atom. The van der Waals surface area contributed by atoms with Gasteiger partial charge in [-0.2, -0.15) is 0 Å². The Morgan fingerprint density at radius 1 is 1.17 bits per heavy atom. The highest BCUT2D eigenvalue weighted by atomic mass is 16.4. The maximum absolute atomic E-state index is 9.77. The lowest BCUT2D eigenvalue weighted by Crippen LogP contribution is -2.19. The summed E-state index contributed by atoms with van der Waals surface area (Å²) < 4.78 is 5.46. The fourth-order valence-electron chi connectivity index (χ4n) is 1.90. The lowest BCUT2D eigenvalue weighted by molar-refractivity contribution is 0.0437. The number of rotatable bonds is 1. The molecule has 0 radical (unpaired) electrons. The molecule has 0 aliphatic heterocycles. The lowest BCUT2D eigenvalue weighted by Gasteiger charge is -2.15. The van der Waals surface area contributed by atoms with E-state index in [1.807, 2.05) is 0 Å². The Bertz CT molecular complexity index is 617. The second-order valence-corrected chi connectivity index (χ2v) is 4.08.